The summed E-state index contributed by atoms with van der Waals surface area (Å²) in [5.74, 6) is 1.07. The first kappa shape index (κ1) is 16.5. The molecule has 2 aromatic rings. The lowest BCUT2D eigenvalue weighted by Gasteiger charge is -2.30. The van der Waals surface area contributed by atoms with Crippen molar-refractivity contribution in [3.05, 3.63) is 30.3 Å². The smallest absolute Gasteiger partial charge is 0.314 e. The van der Waals surface area contributed by atoms with Crippen LogP contribution in [0.25, 0.3) is 11.5 Å². The predicted octanol–water partition coefficient (Wildman–Crippen LogP) is 3.15. The molecule has 24 heavy (non-hydrogen) atoms. The van der Waals surface area contributed by atoms with Crippen LogP contribution >= 0.6 is 0 Å². The number of aromatic nitrogens is 2. The lowest BCUT2D eigenvalue weighted by Crippen LogP contribution is -2.40. The molecule has 128 valence electrons. The molecule has 1 atom stereocenters. The van der Waals surface area contributed by atoms with Gasteiger partial charge in [-0.1, -0.05) is 32.0 Å². The van der Waals surface area contributed by atoms with Crippen LogP contribution in [0.2, 0.25) is 0 Å². The monoisotopic (exact) mass is 329 g/mol. The first-order chi connectivity index (χ1) is 11.6. The van der Waals surface area contributed by atoms with Crippen molar-refractivity contribution in [1.29, 1.82) is 0 Å². The molecule has 3 rings (SSSR count). The van der Waals surface area contributed by atoms with Gasteiger partial charge in [0.15, 0.2) is 0 Å². The minimum Gasteiger partial charge on any atom is -0.466 e. The first-order valence-electron chi connectivity index (χ1n) is 8.38. The molecule has 1 aromatic carbocycles. The van der Waals surface area contributed by atoms with Crippen LogP contribution in [0.1, 0.15) is 27.2 Å². The second-order valence-electron chi connectivity index (χ2n) is 6.47. The van der Waals surface area contributed by atoms with Gasteiger partial charge in [-0.15, -0.1) is 0 Å². The summed E-state index contributed by atoms with van der Waals surface area (Å²) >= 11 is 0. The van der Waals surface area contributed by atoms with Gasteiger partial charge in [0.2, 0.25) is 0 Å². The topological polar surface area (TPSA) is 68.5 Å². The Balaban J connectivity index is 1.80. The number of hydrogen-bond acceptors (Lipinski definition) is 6. The van der Waals surface area contributed by atoms with Gasteiger partial charge < -0.3 is 14.2 Å². The summed E-state index contributed by atoms with van der Waals surface area (Å²) in [7, 11) is 0. The van der Waals surface area contributed by atoms with Crippen molar-refractivity contribution < 1.29 is 14.1 Å². The predicted molar refractivity (Wildman–Crippen MR) is 90.5 cm³/mol. The summed E-state index contributed by atoms with van der Waals surface area (Å²) in [6.07, 6.45) is 0.735. The number of esters is 1. The van der Waals surface area contributed by atoms with Gasteiger partial charge >= 0.3 is 5.97 Å². The molecule has 1 fully saturated rings. The maximum atomic E-state index is 12.5. The Bertz CT molecular complexity index is 699. The highest BCUT2D eigenvalue weighted by Crippen LogP contribution is 2.40. The zero-order chi connectivity index (χ0) is 17.2. The number of ether oxygens (including phenoxy) is 1. The summed E-state index contributed by atoms with van der Waals surface area (Å²) < 4.78 is 10.7. The molecule has 0 aliphatic carbocycles. The molecule has 0 bridgehead atoms. The maximum Gasteiger partial charge on any atom is 0.314 e. The molecule has 6 nitrogen and oxygen atoms in total. The fourth-order valence-corrected chi connectivity index (χ4v) is 3.19. The number of carbonyl (C=O) groups is 1. The van der Waals surface area contributed by atoms with E-state index in [1.54, 1.807) is 0 Å². The molecular formula is C18H23N3O3. The van der Waals surface area contributed by atoms with Crippen molar-refractivity contribution in [2.75, 3.05) is 24.6 Å². The van der Waals surface area contributed by atoms with Gasteiger partial charge in [0, 0.05) is 18.7 Å². The lowest BCUT2D eigenvalue weighted by atomic mass is 9.76. The summed E-state index contributed by atoms with van der Waals surface area (Å²) in [6.45, 7) is 7.62. The number of rotatable bonds is 5. The third-order valence-corrected chi connectivity index (χ3v) is 4.81. The van der Waals surface area contributed by atoms with Gasteiger partial charge in [0.1, 0.15) is 0 Å². The summed E-state index contributed by atoms with van der Waals surface area (Å²) in [5, 5.41) is 4.09. The van der Waals surface area contributed by atoms with Crippen LogP contribution in [0.15, 0.2) is 34.9 Å². The van der Waals surface area contributed by atoms with Gasteiger partial charge in [0.05, 0.1) is 12.0 Å². The van der Waals surface area contributed by atoms with E-state index in [0.717, 1.165) is 12.0 Å². The largest absolute Gasteiger partial charge is 0.466 e. The fourth-order valence-electron chi connectivity index (χ4n) is 3.19. The fraction of sp³-hybridized carbons (Fsp3) is 0.500. The van der Waals surface area contributed by atoms with Crippen LogP contribution in [0.4, 0.5) is 5.95 Å². The summed E-state index contributed by atoms with van der Waals surface area (Å²) in [4.78, 5) is 19.0. The number of nitrogens with zero attached hydrogens (tertiary/aromatic N) is 3. The normalized spacial score (nSPS) is 20.6. The molecule has 1 aliphatic rings. The number of carbonyl (C=O) groups excluding carboxylic acids is 1. The second-order valence-corrected chi connectivity index (χ2v) is 6.47. The molecule has 1 aromatic heterocycles. The first-order valence-corrected chi connectivity index (χ1v) is 8.38. The van der Waals surface area contributed by atoms with Gasteiger partial charge in [0.25, 0.3) is 11.8 Å². The molecule has 6 heteroatoms. The quantitative estimate of drug-likeness (QED) is 0.785. The van der Waals surface area contributed by atoms with Crippen molar-refractivity contribution >= 4 is 11.9 Å². The van der Waals surface area contributed by atoms with Crippen molar-refractivity contribution in [2.45, 2.75) is 27.2 Å². The highest BCUT2D eigenvalue weighted by Gasteiger charge is 2.49. The zero-order valence-electron chi connectivity index (χ0n) is 14.4. The Morgan fingerprint density at radius 2 is 2.12 bits per heavy atom. The SMILES string of the molecule is CCOC(=O)C1(C(C)C)CCN(c2noc(-c3ccccc3)n2)C1. The molecule has 1 unspecified atom stereocenters. The van der Waals surface area contributed by atoms with Crippen LogP contribution in [0.5, 0.6) is 0 Å². The van der Waals surface area contributed by atoms with E-state index in [4.69, 9.17) is 9.26 Å². The van der Waals surface area contributed by atoms with Crippen LogP contribution in [0.3, 0.4) is 0 Å². The van der Waals surface area contributed by atoms with Gasteiger partial charge in [-0.2, -0.15) is 4.98 Å². The number of hydrogen-bond donors (Lipinski definition) is 0. The molecule has 1 saturated heterocycles. The van der Waals surface area contributed by atoms with Crippen LogP contribution in [-0.2, 0) is 9.53 Å². The molecule has 0 radical (unpaired) electrons. The second kappa shape index (κ2) is 6.63. The number of anilines is 1. The molecular weight excluding hydrogens is 306 g/mol. The molecule has 1 aliphatic heterocycles. The molecule has 0 saturated carbocycles. The number of benzene rings is 1. The van der Waals surface area contributed by atoms with E-state index in [0.29, 0.717) is 31.5 Å². The van der Waals surface area contributed by atoms with E-state index in [1.807, 2.05) is 42.2 Å². The van der Waals surface area contributed by atoms with E-state index < -0.39 is 5.41 Å². The lowest BCUT2D eigenvalue weighted by molar-refractivity contribution is -0.156. The minimum absolute atomic E-state index is 0.130. The van der Waals surface area contributed by atoms with E-state index >= 15 is 0 Å². The summed E-state index contributed by atoms with van der Waals surface area (Å²) in [5.41, 5.74) is 0.375. The average molecular weight is 329 g/mol. The van der Waals surface area contributed by atoms with Crippen molar-refractivity contribution in [3.63, 3.8) is 0 Å². The molecule has 2 heterocycles. The Morgan fingerprint density at radius 3 is 2.79 bits per heavy atom. The Hall–Kier alpha value is -2.37. The standard InChI is InChI=1S/C18H23N3O3/c1-4-23-16(22)18(13(2)3)10-11-21(12-18)17-19-15(24-20-17)14-8-6-5-7-9-14/h5-9,13H,4,10-12H2,1-3H3. The van der Waals surface area contributed by atoms with Crippen LogP contribution in [0, 0.1) is 11.3 Å². The zero-order valence-corrected chi connectivity index (χ0v) is 14.4. The van der Waals surface area contributed by atoms with E-state index in [9.17, 15) is 4.79 Å². The van der Waals surface area contributed by atoms with Crippen molar-refractivity contribution in [1.82, 2.24) is 10.1 Å². The van der Waals surface area contributed by atoms with Gasteiger partial charge in [-0.3, -0.25) is 4.79 Å². The van der Waals surface area contributed by atoms with Gasteiger partial charge in [-0.05, 0) is 36.6 Å². The van der Waals surface area contributed by atoms with Gasteiger partial charge in [-0.25, -0.2) is 0 Å². The van der Waals surface area contributed by atoms with E-state index in [2.05, 4.69) is 24.0 Å². The van der Waals surface area contributed by atoms with Crippen molar-refractivity contribution in [3.8, 4) is 11.5 Å². The maximum absolute atomic E-state index is 12.5. The van der Waals surface area contributed by atoms with Crippen LogP contribution in [-0.4, -0.2) is 35.8 Å². The minimum atomic E-state index is -0.510. The van der Waals surface area contributed by atoms with E-state index in [-0.39, 0.29) is 11.9 Å². The van der Waals surface area contributed by atoms with Crippen molar-refractivity contribution in [2.24, 2.45) is 11.3 Å². The molecule has 0 spiro atoms. The average Bonchev–Trinajstić information content (AvgIpc) is 3.24. The summed E-state index contributed by atoms with van der Waals surface area (Å²) in [6, 6.07) is 9.66. The Kier molecular flexibility index (Phi) is 4.55. The third-order valence-electron chi connectivity index (χ3n) is 4.81. The third kappa shape index (κ3) is 2.88. The molecule has 0 amide bonds. The highest BCUT2D eigenvalue weighted by atomic mass is 16.5. The Morgan fingerprint density at radius 1 is 1.38 bits per heavy atom. The van der Waals surface area contributed by atoms with E-state index in [1.165, 1.54) is 0 Å². The molecule has 0 N–H and O–H groups in total. The Labute approximate surface area is 141 Å². The van der Waals surface area contributed by atoms with Crippen LogP contribution < -0.4 is 4.90 Å². The highest BCUT2D eigenvalue weighted by molar-refractivity contribution is 5.79.